The Morgan fingerprint density at radius 2 is 2.00 bits per heavy atom. The van der Waals surface area contributed by atoms with Crippen LogP contribution in [0.4, 0.5) is 0 Å². The minimum absolute atomic E-state index is 0.150. The lowest BCUT2D eigenvalue weighted by atomic mass is 9.97. The van der Waals surface area contributed by atoms with Crippen molar-refractivity contribution >= 4 is 16.8 Å². The molecule has 1 amide bonds. The van der Waals surface area contributed by atoms with E-state index >= 15 is 0 Å². The van der Waals surface area contributed by atoms with Crippen molar-refractivity contribution in [2.24, 2.45) is 5.92 Å². The number of pyridine rings is 1. The Balaban J connectivity index is 1.62. The molecule has 2 heterocycles. The maximum absolute atomic E-state index is 12.1. The van der Waals surface area contributed by atoms with E-state index in [4.69, 9.17) is 0 Å². The highest BCUT2D eigenvalue weighted by Crippen LogP contribution is 2.13. The van der Waals surface area contributed by atoms with Crippen LogP contribution in [0.2, 0.25) is 0 Å². The third-order valence-electron chi connectivity index (χ3n) is 3.81. The summed E-state index contributed by atoms with van der Waals surface area (Å²) in [5.74, 6) is 0.304. The summed E-state index contributed by atoms with van der Waals surface area (Å²) in [5, 5.41) is 7.40. The van der Waals surface area contributed by atoms with E-state index in [-0.39, 0.29) is 11.8 Å². The zero-order valence-corrected chi connectivity index (χ0v) is 11.4. The van der Waals surface area contributed by atoms with E-state index < -0.39 is 0 Å². The fourth-order valence-corrected chi connectivity index (χ4v) is 2.61. The molecule has 1 aliphatic rings. The highest BCUT2D eigenvalue weighted by molar-refractivity contribution is 5.79. The molecule has 104 valence electrons. The Morgan fingerprint density at radius 1 is 1.20 bits per heavy atom. The molecule has 4 heteroatoms. The van der Waals surface area contributed by atoms with Gasteiger partial charge in [0.1, 0.15) is 0 Å². The average Bonchev–Trinajstić information content (AvgIpc) is 2.53. The zero-order valence-electron chi connectivity index (χ0n) is 11.4. The number of para-hydroxylation sites is 1. The van der Waals surface area contributed by atoms with Crippen LogP contribution in [0.25, 0.3) is 10.9 Å². The molecule has 2 N–H and O–H groups in total. The Bertz CT molecular complexity index is 605. The third kappa shape index (κ3) is 2.96. The quantitative estimate of drug-likeness (QED) is 0.894. The molecule has 20 heavy (non-hydrogen) atoms. The highest BCUT2D eigenvalue weighted by atomic mass is 16.1. The van der Waals surface area contributed by atoms with Gasteiger partial charge in [-0.3, -0.25) is 9.78 Å². The SMILES string of the molecule is O=C(NCc1ccc2ccccc2n1)C1CCNCC1. The molecule has 2 aromatic rings. The summed E-state index contributed by atoms with van der Waals surface area (Å²) in [4.78, 5) is 16.6. The minimum atomic E-state index is 0.150. The van der Waals surface area contributed by atoms with E-state index in [1.807, 2.05) is 36.4 Å². The van der Waals surface area contributed by atoms with Crippen molar-refractivity contribution in [3.8, 4) is 0 Å². The summed E-state index contributed by atoms with van der Waals surface area (Å²) in [7, 11) is 0. The molecule has 0 unspecified atom stereocenters. The van der Waals surface area contributed by atoms with Gasteiger partial charge in [-0.25, -0.2) is 0 Å². The van der Waals surface area contributed by atoms with E-state index in [9.17, 15) is 4.79 Å². The number of amides is 1. The molecular formula is C16H19N3O. The molecule has 0 spiro atoms. The molecule has 0 radical (unpaired) electrons. The van der Waals surface area contributed by atoms with Gasteiger partial charge in [0.2, 0.25) is 5.91 Å². The first-order valence-electron chi connectivity index (χ1n) is 7.16. The molecule has 1 saturated heterocycles. The van der Waals surface area contributed by atoms with Gasteiger partial charge >= 0.3 is 0 Å². The number of fused-ring (bicyclic) bond motifs is 1. The van der Waals surface area contributed by atoms with Gasteiger partial charge in [-0.15, -0.1) is 0 Å². The molecule has 4 nitrogen and oxygen atoms in total. The van der Waals surface area contributed by atoms with Crippen molar-refractivity contribution in [1.82, 2.24) is 15.6 Å². The number of benzene rings is 1. The second-order valence-corrected chi connectivity index (χ2v) is 5.24. The maximum atomic E-state index is 12.1. The predicted molar refractivity (Wildman–Crippen MR) is 79.2 cm³/mol. The van der Waals surface area contributed by atoms with Gasteiger partial charge in [-0.2, -0.15) is 0 Å². The van der Waals surface area contributed by atoms with Crippen LogP contribution < -0.4 is 10.6 Å². The molecule has 0 atom stereocenters. The lowest BCUT2D eigenvalue weighted by Gasteiger charge is -2.21. The van der Waals surface area contributed by atoms with Crippen LogP contribution in [-0.4, -0.2) is 24.0 Å². The molecule has 0 aliphatic carbocycles. The van der Waals surface area contributed by atoms with Crippen LogP contribution in [-0.2, 0) is 11.3 Å². The van der Waals surface area contributed by atoms with E-state index in [1.165, 1.54) is 0 Å². The molecular weight excluding hydrogens is 250 g/mol. The monoisotopic (exact) mass is 269 g/mol. The summed E-state index contributed by atoms with van der Waals surface area (Å²) in [5.41, 5.74) is 1.88. The number of nitrogens with one attached hydrogen (secondary N) is 2. The number of hydrogen-bond acceptors (Lipinski definition) is 3. The van der Waals surface area contributed by atoms with Crippen molar-refractivity contribution < 1.29 is 4.79 Å². The first-order valence-corrected chi connectivity index (χ1v) is 7.16. The molecule has 1 aromatic heterocycles. The van der Waals surface area contributed by atoms with Crippen molar-refractivity contribution in [1.29, 1.82) is 0 Å². The minimum Gasteiger partial charge on any atom is -0.350 e. The van der Waals surface area contributed by atoms with Gasteiger partial charge in [-0.05, 0) is 38.1 Å². The number of piperidine rings is 1. The maximum Gasteiger partial charge on any atom is 0.223 e. The number of hydrogen-bond donors (Lipinski definition) is 2. The average molecular weight is 269 g/mol. The Labute approximate surface area is 118 Å². The van der Waals surface area contributed by atoms with Gasteiger partial charge in [0, 0.05) is 11.3 Å². The number of rotatable bonds is 3. The van der Waals surface area contributed by atoms with E-state index in [1.54, 1.807) is 0 Å². The number of nitrogens with zero attached hydrogens (tertiary/aromatic N) is 1. The Hall–Kier alpha value is -1.94. The van der Waals surface area contributed by atoms with Crippen LogP contribution in [0.3, 0.4) is 0 Å². The molecule has 0 saturated carbocycles. The van der Waals surface area contributed by atoms with Crippen LogP contribution >= 0.6 is 0 Å². The van der Waals surface area contributed by atoms with Gasteiger partial charge in [0.25, 0.3) is 0 Å². The number of carbonyl (C=O) groups excluding carboxylic acids is 1. The second kappa shape index (κ2) is 6.01. The van der Waals surface area contributed by atoms with E-state index in [0.29, 0.717) is 6.54 Å². The van der Waals surface area contributed by atoms with Crippen molar-refractivity contribution in [3.05, 3.63) is 42.1 Å². The Morgan fingerprint density at radius 3 is 2.85 bits per heavy atom. The van der Waals surface area contributed by atoms with Crippen LogP contribution in [0.15, 0.2) is 36.4 Å². The van der Waals surface area contributed by atoms with Crippen molar-refractivity contribution in [3.63, 3.8) is 0 Å². The fourth-order valence-electron chi connectivity index (χ4n) is 2.61. The topological polar surface area (TPSA) is 54.0 Å². The standard InChI is InChI=1S/C16H19N3O/c20-16(13-7-9-17-10-8-13)18-11-14-6-5-12-3-1-2-4-15(12)19-14/h1-6,13,17H,7-11H2,(H,18,20). The first kappa shape index (κ1) is 13.1. The summed E-state index contributed by atoms with van der Waals surface area (Å²) >= 11 is 0. The largest absolute Gasteiger partial charge is 0.350 e. The molecule has 1 fully saturated rings. The normalized spacial score (nSPS) is 16.2. The van der Waals surface area contributed by atoms with E-state index in [0.717, 1.165) is 42.5 Å². The predicted octanol–water partition coefficient (Wildman–Crippen LogP) is 1.85. The number of carbonyl (C=O) groups is 1. The Kier molecular flexibility index (Phi) is 3.92. The van der Waals surface area contributed by atoms with Gasteiger partial charge in [0.05, 0.1) is 17.8 Å². The van der Waals surface area contributed by atoms with Crippen molar-refractivity contribution in [2.75, 3.05) is 13.1 Å². The van der Waals surface area contributed by atoms with Gasteiger partial charge in [-0.1, -0.05) is 24.3 Å². The smallest absolute Gasteiger partial charge is 0.223 e. The zero-order chi connectivity index (χ0) is 13.8. The third-order valence-corrected chi connectivity index (χ3v) is 3.81. The highest BCUT2D eigenvalue weighted by Gasteiger charge is 2.20. The van der Waals surface area contributed by atoms with Gasteiger partial charge in [0.15, 0.2) is 0 Å². The summed E-state index contributed by atoms with van der Waals surface area (Å²) in [6, 6.07) is 12.0. The lowest BCUT2D eigenvalue weighted by molar-refractivity contribution is -0.125. The first-order chi connectivity index (χ1) is 9.83. The fraction of sp³-hybridized carbons (Fsp3) is 0.375. The summed E-state index contributed by atoms with van der Waals surface area (Å²) in [6.45, 7) is 2.38. The van der Waals surface area contributed by atoms with E-state index in [2.05, 4.69) is 15.6 Å². The second-order valence-electron chi connectivity index (χ2n) is 5.24. The van der Waals surface area contributed by atoms with Crippen LogP contribution in [0.5, 0.6) is 0 Å². The summed E-state index contributed by atoms with van der Waals surface area (Å²) < 4.78 is 0. The molecule has 3 rings (SSSR count). The van der Waals surface area contributed by atoms with Crippen molar-refractivity contribution in [2.45, 2.75) is 19.4 Å². The molecule has 1 aliphatic heterocycles. The number of aromatic nitrogens is 1. The van der Waals surface area contributed by atoms with Crippen LogP contribution in [0, 0.1) is 5.92 Å². The lowest BCUT2D eigenvalue weighted by Crippen LogP contribution is -2.37. The summed E-state index contributed by atoms with van der Waals surface area (Å²) in [6.07, 6.45) is 1.86. The van der Waals surface area contributed by atoms with Gasteiger partial charge < -0.3 is 10.6 Å². The van der Waals surface area contributed by atoms with Crippen LogP contribution in [0.1, 0.15) is 18.5 Å². The molecule has 1 aromatic carbocycles. The molecule has 0 bridgehead atoms.